The number of nitrogens with one attached hydrogen (secondary N) is 3. The van der Waals surface area contributed by atoms with Crippen LogP contribution in [-0.4, -0.2) is 32.0 Å². The number of methoxy groups -OCH3 is 1. The Kier molecular flexibility index (Phi) is 7.02. The summed E-state index contributed by atoms with van der Waals surface area (Å²) < 4.78 is 5.31. The first kappa shape index (κ1) is 19.3. The van der Waals surface area contributed by atoms with Crippen LogP contribution in [0.15, 0.2) is 42.5 Å². The van der Waals surface area contributed by atoms with Gasteiger partial charge in [-0.15, -0.1) is 0 Å². The summed E-state index contributed by atoms with van der Waals surface area (Å²) in [5, 5.41) is 8.77. The van der Waals surface area contributed by atoms with E-state index in [4.69, 9.17) is 4.74 Å². The van der Waals surface area contributed by atoms with Gasteiger partial charge in [0.1, 0.15) is 5.75 Å². The second-order valence-corrected chi connectivity index (χ2v) is 5.92. The number of benzene rings is 2. The van der Waals surface area contributed by atoms with Gasteiger partial charge in [0.05, 0.1) is 13.7 Å². The molecule has 0 aliphatic rings. The van der Waals surface area contributed by atoms with E-state index in [1.165, 1.54) is 6.92 Å². The Balaban J connectivity index is 1.83. The summed E-state index contributed by atoms with van der Waals surface area (Å²) in [5.74, 6) is 0.605. The highest BCUT2D eigenvalue weighted by Gasteiger charge is 2.07. The normalized spacial score (nSPS) is 10.1. The van der Waals surface area contributed by atoms with Crippen molar-refractivity contribution in [1.29, 1.82) is 0 Å². The van der Waals surface area contributed by atoms with E-state index in [0.717, 1.165) is 28.3 Å². The van der Waals surface area contributed by atoms with Gasteiger partial charge < -0.3 is 20.7 Å². The maximum atomic E-state index is 12.1. The summed E-state index contributed by atoms with van der Waals surface area (Å²) in [6, 6.07) is 13.3. The zero-order valence-electron chi connectivity index (χ0n) is 15.4. The lowest BCUT2D eigenvalue weighted by atomic mass is 10.1. The van der Waals surface area contributed by atoms with Crippen molar-refractivity contribution in [2.75, 3.05) is 30.8 Å². The fourth-order valence-corrected chi connectivity index (χ4v) is 2.64. The van der Waals surface area contributed by atoms with Gasteiger partial charge in [-0.2, -0.15) is 0 Å². The van der Waals surface area contributed by atoms with E-state index in [-0.39, 0.29) is 18.4 Å². The smallest absolute Gasteiger partial charge is 0.239 e. The molecule has 0 unspecified atom stereocenters. The van der Waals surface area contributed by atoms with Gasteiger partial charge in [0.15, 0.2) is 0 Å². The number of para-hydroxylation sites is 1. The van der Waals surface area contributed by atoms with E-state index >= 15 is 0 Å². The standard InChI is InChI=1S/C20H25N3O3/c1-14-17(8-6-9-18(14)23-15(2)24)22-13-20(25)21-12-11-16-7-4-5-10-19(16)26-3/h4-10,22H,11-13H2,1-3H3,(H,21,25)(H,23,24). The van der Waals surface area contributed by atoms with Gasteiger partial charge in [0, 0.05) is 24.8 Å². The number of carbonyl (C=O) groups is 2. The van der Waals surface area contributed by atoms with Crippen LogP contribution in [0.1, 0.15) is 18.1 Å². The molecular weight excluding hydrogens is 330 g/mol. The van der Waals surface area contributed by atoms with E-state index in [1.54, 1.807) is 7.11 Å². The van der Waals surface area contributed by atoms with Gasteiger partial charge in [0.25, 0.3) is 0 Å². The summed E-state index contributed by atoms with van der Waals surface area (Å²) in [4.78, 5) is 23.3. The molecule has 26 heavy (non-hydrogen) atoms. The molecule has 0 aliphatic heterocycles. The highest BCUT2D eigenvalue weighted by atomic mass is 16.5. The molecule has 2 aromatic carbocycles. The first-order chi connectivity index (χ1) is 12.5. The van der Waals surface area contributed by atoms with E-state index in [1.807, 2.05) is 49.4 Å². The number of anilines is 2. The fourth-order valence-electron chi connectivity index (χ4n) is 2.64. The van der Waals surface area contributed by atoms with Crippen LogP contribution in [0.5, 0.6) is 5.75 Å². The van der Waals surface area contributed by atoms with Crippen molar-refractivity contribution >= 4 is 23.2 Å². The summed E-state index contributed by atoms with van der Waals surface area (Å²) in [6.45, 7) is 4.06. The van der Waals surface area contributed by atoms with Crippen LogP contribution in [-0.2, 0) is 16.0 Å². The number of rotatable bonds is 8. The largest absolute Gasteiger partial charge is 0.496 e. The van der Waals surface area contributed by atoms with Crippen molar-refractivity contribution in [3.63, 3.8) is 0 Å². The van der Waals surface area contributed by atoms with Gasteiger partial charge in [0.2, 0.25) is 11.8 Å². The molecule has 2 rings (SSSR count). The second kappa shape index (κ2) is 9.46. The zero-order chi connectivity index (χ0) is 18.9. The number of hydrogen-bond acceptors (Lipinski definition) is 4. The van der Waals surface area contributed by atoms with Crippen molar-refractivity contribution in [2.24, 2.45) is 0 Å². The lowest BCUT2D eigenvalue weighted by molar-refractivity contribution is -0.119. The molecule has 0 aliphatic carbocycles. The molecule has 0 saturated heterocycles. The first-order valence-corrected chi connectivity index (χ1v) is 8.51. The molecule has 3 N–H and O–H groups in total. The summed E-state index contributed by atoms with van der Waals surface area (Å²) in [5.41, 5.74) is 3.50. The predicted molar refractivity (Wildman–Crippen MR) is 104 cm³/mol. The third-order valence-corrected chi connectivity index (χ3v) is 3.99. The highest BCUT2D eigenvalue weighted by molar-refractivity contribution is 5.91. The highest BCUT2D eigenvalue weighted by Crippen LogP contribution is 2.23. The second-order valence-electron chi connectivity index (χ2n) is 5.92. The minimum absolute atomic E-state index is 0.0933. The van der Waals surface area contributed by atoms with Crippen LogP contribution in [0.25, 0.3) is 0 Å². The molecule has 0 heterocycles. The first-order valence-electron chi connectivity index (χ1n) is 8.51. The maximum Gasteiger partial charge on any atom is 0.239 e. The average Bonchev–Trinajstić information content (AvgIpc) is 2.62. The molecule has 0 aromatic heterocycles. The third kappa shape index (κ3) is 5.51. The van der Waals surface area contributed by atoms with Crippen LogP contribution < -0.4 is 20.7 Å². The Labute approximate surface area is 153 Å². The SMILES string of the molecule is COc1ccccc1CCNC(=O)CNc1cccc(NC(C)=O)c1C. The van der Waals surface area contributed by atoms with E-state index in [0.29, 0.717) is 13.0 Å². The monoisotopic (exact) mass is 355 g/mol. The van der Waals surface area contributed by atoms with Crippen molar-refractivity contribution < 1.29 is 14.3 Å². The molecule has 138 valence electrons. The Bertz CT molecular complexity index is 775. The molecule has 0 saturated carbocycles. The minimum Gasteiger partial charge on any atom is -0.496 e. The predicted octanol–water partition coefficient (Wildman–Crippen LogP) is 2.73. The lowest BCUT2D eigenvalue weighted by Crippen LogP contribution is -2.31. The van der Waals surface area contributed by atoms with Gasteiger partial charge in [-0.05, 0) is 42.7 Å². The van der Waals surface area contributed by atoms with Crippen molar-refractivity contribution in [3.8, 4) is 5.75 Å². The third-order valence-electron chi connectivity index (χ3n) is 3.99. The van der Waals surface area contributed by atoms with Gasteiger partial charge in [-0.3, -0.25) is 9.59 Å². The quantitative estimate of drug-likeness (QED) is 0.680. The molecule has 0 radical (unpaired) electrons. The van der Waals surface area contributed by atoms with Crippen LogP contribution in [0.4, 0.5) is 11.4 Å². The summed E-state index contributed by atoms with van der Waals surface area (Å²) in [7, 11) is 1.64. The van der Waals surface area contributed by atoms with E-state index in [2.05, 4.69) is 16.0 Å². The van der Waals surface area contributed by atoms with Crippen molar-refractivity contribution in [3.05, 3.63) is 53.6 Å². The molecule has 2 aromatic rings. The van der Waals surface area contributed by atoms with E-state index in [9.17, 15) is 9.59 Å². The molecule has 0 fully saturated rings. The Morgan fingerprint density at radius 1 is 1.04 bits per heavy atom. The molecule has 0 bridgehead atoms. The Morgan fingerprint density at radius 2 is 1.77 bits per heavy atom. The molecule has 6 nitrogen and oxygen atoms in total. The average molecular weight is 355 g/mol. The number of ether oxygens (including phenoxy) is 1. The minimum atomic E-state index is -0.126. The van der Waals surface area contributed by atoms with Gasteiger partial charge >= 0.3 is 0 Å². The van der Waals surface area contributed by atoms with E-state index < -0.39 is 0 Å². The number of hydrogen-bond donors (Lipinski definition) is 3. The molecule has 6 heteroatoms. The fraction of sp³-hybridized carbons (Fsp3) is 0.300. The summed E-state index contributed by atoms with van der Waals surface area (Å²) >= 11 is 0. The molecule has 2 amide bonds. The number of carbonyl (C=O) groups excluding carboxylic acids is 2. The molecular formula is C20H25N3O3. The van der Waals surface area contributed by atoms with Gasteiger partial charge in [-0.1, -0.05) is 24.3 Å². The topological polar surface area (TPSA) is 79.5 Å². The molecule has 0 spiro atoms. The van der Waals surface area contributed by atoms with Crippen LogP contribution in [0.3, 0.4) is 0 Å². The maximum absolute atomic E-state index is 12.1. The van der Waals surface area contributed by atoms with Crippen LogP contribution >= 0.6 is 0 Å². The Hall–Kier alpha value is -3.02. The van der Waals surface area contributed by atoms with Crippen LogP contribution in [0.2, 0.25) is 0 Å². The lowest BCUT2D eigenvalue weighted by Gasteiger charge is -2.14. The molecule has 0 atom stereocenters. The summed E-state index contributed by atoms with van der Waals surface area (Å²) in [6.07, 6.45) is 0.701. The van der Waals surface area contributed by atoms with Crippen molar-refractivity contribution in [2.45, 2.75) is 20.3 Å². The van der Waals surface area contributed by atoms with Crippen molar-refractivity contribution in [1.82, 2.24) is 5.32 Å². The van der Waals surface area contributed by atoms with Gasteiger partial charge in [-0.25, -0.2) is 0 Å². The number of amides is 2. The van der Waals surface area contributed by atoms with Crippen LogP contribution in [0, 0.1) is 6.92 Å². The Morgan fingerprint density at radius 3 is 2.50 bits per heavy atom. The zero-order valence-corrected chi connectivity index (χ0v) is 15.4.